The normalized spacial score (nSPS) is 12.8. The lowest BCUT2D eigenvalue weighted by atomic mass is 10.1. The van der Waals surface area contributed by atoms with Crippen molar-refractivity contribution in [1.29, 1.82) is 5.41 Å². The number of rotatable bonds is 5. The molecule has 4 heteroatoms. The summed E-state index contributed by atoms with van der Waals surface area (Å²) in [5.41, 5.74) is 6.54. The van der Waals surface area contributed by atoms with Crippen molar-refractivity contribution in [2.45, 2.75) is 13.5 Å². The number of hydrogen-bond donors (Lipinski definition) is 2. The Hall–Kier alpha value is -1.06. The van der Waals surface area contributed by atoms with E-state index < -0.39 is 0 Å². The van der Waals surface area contributed by atoms with Gasteiger partial charge in [-0.05, 0) is 18.7 Å². The van der Waals surface area contributed by atoms with Gasteiger partial charge in [-0.1, -0.05) is 36.7 Å². The summed E-state index contributed by atoms with van der Waals surface area (Å²) in [4.78, 5) is 2.12. The zero-order valence-corrected chi connectivity index (χ0v) is 10.5. The molecule has 0 saturated heterocycles. The Morgan fingerprint density at radius 3 is 2.69 bits per heavy atom. The largest absolute Gasteiger partial charge is 0.387 e. The maximum Gasteiger partial charge on any atom is 0.0947 e. The molecule has 0 aliphatic heterocycles. The first-order valence-corrected chi connectivity index (χ1v) is 5.64. The molecule has 0 spiro atoms. The van der Waals surface area contributed by atoms with Crippen molar-refractivity contribution in [3.05, 3.63) is 34.9 Å². The van der Waals surface area contributed by atoms with Gasteiger partial charge in [0.15, 0.2) is 0 Å². The number of benzene rings is 1. The molecule has 0 fully saturated rings. The van der Waals surface area contributed by atoms with E-state index in [1.54, 1.807) is 0 Å². The Morgan fingerprint density at radius 1 is 1.50 bits per heavy atom. The van der Waals surface area contributed by atoms with Gasteiger partial charge in [0.25, 0.3) is 0 Å². The fraction of sp³-hybridized carbons (Fsp3) is 0.417. The molecule has 0 aromatic heterocycles. The summed E-state index contributed by atoms with van der Waals surface area (Å²) in [5.74, 6) is 0.304. The van der Waals surface area contributed by atoms with Gasteiger partial charge in [0.05, 0.1) is 5.84 Å². The number of amidine groups is 1. The summed E-state index contributed by atoms with van der Waals surface area (Å²) in [6, 6.07) is 7.80. The van der Waals surface area contributed by atoms with Crippen molar-refractivity contribution < 1.29 is 0 Å². The maximum atomic E-state index is 7.34. The molecule has 3 nitrogen and oxygen atoms in total. The fourth-order valence-corrected chi connectivity index (χ4v) is 1.74. The highest BCUT2D eigenvalue weighted by atomic mass is 35.5. The minimum atomic E-state index is 0.0764. The number of halogens is 1. The zero-order valence-electron chi connectivity index (χ0n) is 9.70. The number of hydrogen-bond acceptors (Lipinski definition) is 2. The number of nitrogens with zero attached hydrogens (tertiary/aromatic N) is 1. The summed E-state index contributed by atoms with van der Waals surface area (Å²) in [6.07, 6.45) is 0. The Bertz CT molecular complexity index is 365. The Morgan fingerprint density at radius 2 is 2.12 bits per heavy atom. The summed E-state index contributed by atoms with van der Waals surface area (Å²) in [7, 11) is 2.00. The van der Waals surface area contributed by atoms with Crippen LogP contribution in [0.2, 0.25) is 5.02 Å². The number of nitrogens with one attached hydrogen (secondary N) is 1. The molecule has 0 amide bonds. The van der Waals surface area contributed by atoms with Crippen molar-refractivity contribution in [3.8, 4) is 0 Å². The quantitative estimate of drug-likeness (QED) is 0.612. The third-order valence-corrected chi connectivity index (χ3v) is 2.88. The van der Waals surface area contributed by atoms with Gasteiger partial charge in [0, 0.05) is 24.0 Å². The van der Waals surface area contributed by atoms with E-state index in [4.69, 9.17) is 22.7 Å². The summed E-state index contributed by atoms with van der Waals surface area (Å²) < 4.78 is 0. The molecule has 0 saturated carbocycles. The average molecular weight is 240 g/mol. The molecule has 88 valence electrons. The molecule has 1 rings (SSSR count). The molecule has 1 atom stereocenters. The predicted molar refractivity (Wildman–Crippen MR) is 68.9 cm³/mol. The zero-order chi connectivity index (χ0) is 12.1. The molecule has 0 aliphatic rings. The molecule has 0 bridgehead atoms. The van der Waals surface area contributed by atoms with Crippen molar-refractivity contribution in [3.63, 3.8) is 0 Å². The van der Waals surface area contributed by atoms with Crippen molar-refractivity contribution in [2.75, 3.05) is 13.6 Å². The van der Waals surface area contributed by atoms with Crippen LogP contribution in [0.1, 0.15) is 12.5 Å². The van der Waals surface area contributed by atoms with E-state index >= 15 is 0 Å². The van der Waals surface area contributed by atoms with Crippen LogP contribution in [0.25, 0.3) is 0 Å². The van der Waals surface area contributed by atoms with E-state index in [9.17, 15) is 0 Å². The second-order valence-corrected chi connectivity index (χ2v) is 4.55. The molecule has 1 aromatic carbocycles. The predicted octanol–water partition coefficient (Wildman–Crippen LogP) is 2.34. The van der Waals surface area contributed by atoms with Crippen LogP contribution < -0.4 is 5.73 Å². The molecular weight excluding hydrogens is 222 g/mol. The first-order chi connectivity index (χ1) is 7.50. The van der Waals surface area contributed by atoms with Crippen molar-refractivity contribution in [1.82, 2.24) is 4.90 Å². The van der Waals surface area contributed by atoms with E-state index in [1.807, 2.05) is 38.2 Å². The third-order valence-electron chi connectivity index (χ3n) is 2.51. The second-order valence-electron chi connectivity index (χ2n) is 4.14. The van der Waals surface area contributed by atoms with E-state index in [0.717, 1.165) is 23.7 Å². The highest BCUT2D eigenvalue weighted by molar-refractivity contribution is 6.31. The lowest BCUT2D eigenvalue weighted by Crippen LogP contribution is -2.31. The van der Waals surface area contributed by atoms with Gasteiger partial charge < -0.3 is 10.6 Å². The van der Waals surface area contributed by atoms with Gasteiger partial charge in [0.2, 0.25) is 0 Å². The third kappa shape index (κ3) is 3.83. The topological polar surface area (TPSA) is 53.1 Å². The van der Waals surface area contributed by atoms with Gasteiger partial charge in [-0.25, -0.2) is 0 Å². The molecule has 1 aromatic rings. The Balaban J connectivity index is 2.55. The van der Waals surface area contributed by atoms with Gasteiger partial charge in [-0.15, -0.1) is 0 Å². The van der Waals surface area contributed by atoms with Gasteiger partial charge in [-0.3, -0.25) is 5.41 Å². The van der Waals surface area contributed by atoms with Gasteiger partial charge in [0.1, 0.15) is 0 Å². The number of nitrogens with two attached hydrogens (primary N) is 1. The van der Waals surface area contributed by atoms with Crippen molar-refractivity contribution in [2.24, 2.45) is 11.7 Å². The lowest BCUT2D eigenvalue weighted by Gasteiger charge is -2.21. The van der Waals surface area contributed by atoms with E-state index in [1.165, 1.54) is 0 Å². The van der Waals surface area contributed by atoms with Crippen LogP contribution in [0.4, 0.5) is 0 Å². The summed E-state index contributed by atoms with van der Waals surface area (Å²) >= 11 is 6.07. The first-order valence-electron chi connectivity index (χ1n) is 5.26. The van der Waals surface area contributed by atoms with E-state index in [0.29, 0.717) is 0 Å². The molecule has 3 N–H and O–H groups in total. The van der Waals surface area contributed by atoms with Crippen LogP contribution in [-0.2, 0) is 6.54 Å². The van der Waals surface area contributed by atoms with Crippen LogP contribution in [-0.4, -0.2) is 24.3 Å². The molecule has 1 unspecified atom stereocenters. The standard InChI is InChI=1S/C12H18ClN3/c1-9(12(14)15)7-16(2)8-10-5-3-4-6-11(10)13/h3-6,9H,7-8H2,1-2H3,(H3,14,15). The maximum absolute atomic E-state index is 7.34. The first kappa shape index (κ1) is 13.0. The smallest absolute Gasteiger partial charge is 0.0947 e. The summed E-state index contributed by atoms with van der Waals surface area (Å²) in [5, 5.41) is 8.12. The lowest BCUT2D eigenvalue weighted by molar-refractivity contribution is 0.306. The van der Waals surface area contributed by atoms with Crippen molar-refractivity contribution >= 4 is 17.4 Å². The van der Waals surface area contributed by atoms with Crippen LogP contribution in [0.5, 0.6) is 0 Å². The molecule has 0 heterocycles. The van der Waals surface area contributed by atoms with E-state index in [2.05, 4.69) is 4.90 Å². The SMILES string of the molecule is CC(CN(C)Cc1ccccc1Cl)C(=N)N. The highest BCUT2D eigenvalue weighted by Crippen LogP contribution is 2.16. The molecule has 0 radical (unpaired) electrons. The van der Waals surface area contributed by atoms with Gasteiger partial charge >= 0.3 is 0 Å². The molecule has 0 aliphatic carbocycles. The average Bonchev–Trinajstić information content (AvgIpc) is 2.21. The highest BCUT2D eigenvalue weighted by Gasteiger charge is 2.10. The van der Waals surface area contributed by atoms with Crippen LogP contribution >= 0.6 is 11.6 Å². The van der Waals surface area contributed by atoms with E-state index in [-0.39, 0.29) is 11.8 Å². The monoisotopic (exact) mass is 239 g/mol. The van der Waals surface area contributed by atoms with Crippen LogP contribution in [0, 0.1) is 11.3 Å². The van der Waals surface area contributed by atoms with Crippen LogP contribution in [0.3, 0.4) is 0 Å². The Kier molecular flexibility index (Phi) is 4.77. The van der Waals surface area contributed by atoms with Gasteiger partial charge in [-0.2, -0.15) is 0 Å². The molecule has 16 heavy (non-hydrogen) atoms. The Labute approximate surface area is 102 Å². The minimum absolute atomic E-state index is 0.0764. The second kappa shape index (κ2) is 5.87. The fourth-order valence-electron chi connectivity index (χ4n) is 1.55. The summed E-state index contributed by atoms with van der Waals surface area (Å²) in [6.45, 7) is 3.49. The molecular formula is C12H18ClN3. The minimum Gasteiger partial charge on any atom is -0.387 e. The van der Waals surface area contributed by atoms with Crippen LogP contribution in [0.15, 0.2) is 24.3 Å².